The minimum absolute atomic E-state index is 0.130. The fourth-order valence-corrected chi connectivity index (χ4v) is 2.99. The van der Waals surface area contributed by atoms with Gasteiger partial charge in [-0.15, -0.1) is 0 Å². The maximum Gasteiger partial charge on any atom is 0.329 e. The van der Waals surface area contributed by atoms with Gasteiger partial charge in [0, 0.05) is 19.9 Å². The van der Waals surface area contributed by atoms with Crippen LogP contribution in [-0.2, 0) is 18.3 Å². The molecule has 0 spiro atoms. The Morgan fingerprint density at radius 2 is 1.80 bits per heavy atom. The molecule has 0 aliphatic carbocycles. The normalized spacial score (nSPS) is 10.8. The standard InChI is InChI=1S/C21H19N5O4/c1-26-19-18(20(28)25-21(26)29)23-16(24-19)11-12-17(27)22-14-9-5-6-10-15(14)30-13-7-3-2-4-8-13/h2-10H,11-12H2,1H3,(H,22,27)(H,23,24)(H,25,28,29). The molecule has 4 aromatic rings. The zero-order valence-electron chi connectivity index (χ0n) is 16.1. The predicted molar refractivity (Wildman–Crippen MR) is 112 cm³/mol. The quantitative estimate of drug-likeness (QED) is 0.454. The van der Waals surface area contributed by atoms with Crippen LogP contribution in [0.2, 0.25) is 0 Å². The SMILES string of the molecule is Cn1c(=O)[nH]c(=O)c2[nH]c(CCC(=O)Nc3ccccc3Oc3ccccc3)nc21. The molecule has 0 saturated carbocycles. The van der Waals surface area contributed by atoms with Crippen molar-refractivity contribution >= 4 is 22.8 Å². The summed E-state index contributed by atoms with van der Waals surface area (Å²) in [5.41, 5.74) is -0.0775. The Bertz CT molecular complexity index is 1320. The van der Waals surface area contributed by atoms with Crippen molar-refractivity contribution in [1.29, 1.82) is 0 Å². The topological polar surface area (TPSA) is 122 Å². The van der Waals surface area contributed by atoms with Gasteiger partial charge in [-0.05, 0) is 24.3 Å². The van der Waals surface area contributed by atoms with Crippen LogP contribution < -0.4 is 21.3 Å². The molecule has 3 N–H and O–H groups in total. The lowest BCUT2D eigenvalue weighted by molar-refractivity contribution is -0.116. The van der Waals surface area contributed by atoms with Crippen molar-refractivity contribution in [3.05, 3.63) is 81.3 Å². The molecule has 2 heterocycles. The number of carbonyl (C=O) groups excluding carboxylic acids is 1. The van der Waals surface area contributed by atoms with Gasteiger partial charge >= 0.3 is 5.69 Å². The number of H-pyrrole nitrogens is 2. The van der Waals surface area contributed by atoms with E-state index in [1.54, 1.807) is 18.2 Å². The smallest absolute Gasteiger partial charge is 0.329 e. The minimum Gasteiger partial charge on any atom is -0.455 e. The Balaban J connectivity index is 1.45. The summed E-state index contributed by atoms with van der Waals surface area (Å²) in [6, 6.07) is 16.4. The van der Waals surface area contributed by atoms with Gasteiger partial charge < -0.3 is 15.0 Å². The van der Waals surface area contributed by atoms with Crippen molar-refractivity contribution in [2.75, 3.05) is 5.32 Å². The van der Waals surface area contributed by atoms with E-state index in [1.165, 1.54) is 11.6 Å². The average molecular weight is 405 g/mol. The Morgan fingerprint density at radius 1 is 1.07 bits per heavy atom. The molecule has 152 valence electrons. The first-order valence-corrected chi connectivity index (χ1v) is 9.31. The molecule has 9 nitrogen and oxygen atoms in total. The summed E-state index contributed by atoms with van der Waals surface area (Å²) in [4.78, 5) is 45.4. The number of imidazole rings is 1. The van der Waals surface area contributed by atoms with Crippen molar-refractivity contribution < 1.29 is 9.53 Å². The molecule has 0 fully saturated rings. The van der Waals surface area contributed by atoms with Crippen molar-refractivity contribution in [3.63, 3.8) is 0 Å². The first-order valence-electron chi connectivity index (χ1n) is 9.31. The summed E-state index contributed by atoms with van der Waals surface area (Å²) in [5, 5.41) is 2.84. The van der Waals surface area contributed by atoms with Crippen molar-refractivity contribution in [2.24, 2.45) is 7.05 Å². The largest absolute Gasteiger partial charge is 0.455 e. The van der Waals surface area contributed by atoms with Gasteiger partial charge in [-0.3, -0.25) is 19.1 Å². The zero-order valence-corrected chi connectivity index (χ0v) is 16.1. The Kier molecular flexibility index (Phi) is 5.17. The molecule has 1 amide bonds. The summed E-state index contributed by atoms with van der Waals surface area (Å²) in [6.07, 6.45) is 0.404. The van der Waals surface area contributed by atoms with E-state index in [-0.39, 0.29) is 29.9 Å². The summed E-state index contributed by atoms with van der Waals surface area (Å²) in [5.74, 6) is 1.41. The van der Waals surface area contributed by atoms with Crippen LogP contribution in [0.3, 0.4) is 0 Å². The monoisotopic (exact) mass is 405 g/mol. The number of amides is 1. The van der Waals surface area contributed by atoms with Gasteiger partial charge in [0.25, 0.3) is 5.56 Å². The van der Waals surface area contributed by atoms with Crippen LogP contribution in [0.1, 0.15) is 12.2 Å². The minimum atomic E-state index is -0.543. The number of ether oxygens (including phenoxy) is 1. The van der Waals surface area contributed by atoms with E-state index in [0.29, 0.717) is 23.0 Å². The molecule has 2 aromatic carbocycles. The molecule has 30 heavy (non-hydrogen) atoms. The third-order valence-electron chi connectivity index (χ3n) is 4.52. The molecule has 0 unspecified atom stereocenters. The van der Waals surface area contributed by atoms with Gasteiger partial charge in [-0.25, -0.2) is 9.78 Å². The molecule has 2 aromatic heterocycles. The second kappa shape index (κ2) is 8.08. The number of rotatable bonds is 6. The predicted octanol–water partition coefficient (Wildman–Crippen LogP) is 2.31. The van der Waals surface area contributed by atoms with Crippen LogP contribution >= 0.6 is 0 Å². The van der Waals surface area contributed by atoms with Crippen LogP contribution in [0.15, 0.2) is 64.2 Å². The summed E-state index contributed by atoms with van der Waals surface area (Å²) in [7, 11) is 1.52. The van der Waals surface area contributed by atoms with Gasteiger partial charge in [0.15, 0.2) is 11.4 Å². The highest BCUT2D eigenvalue weighted by atomic mass is 16.5. The van der Waals surface area contributed by atoms with Gasteiger partial charge in [-0.2, -0.15) is 0 Å². The maximum atomic E-state index is 12.5. The highest BCUT2D eigenvalue weighted by molar-refractivity contribution is 5.92. The molecular weight excluding hydrogens is 386 g/mol. The number of anilines is 1. The van der Waals surface area contributed by atoms with E-state index in [4.69, 9.17) is 4.74 Å². The Labute approximate surface area is 170 Å². The molecule has 0 radical (unpaired) electrons. The lowest BCUT2D eigenvalue weighted by Crippen LogP contribution is -2.28. The molecule has 4 rings (SSSR count). The molecule has 0 aliphatic heterocycles. The lowest BCUT2D eigenvalue weighted by Gasteiger charge is -2.12. The van der Waals surface area contributed by atoms with Gasteiger partial charge in [0.05, 0.1) is 5.69 Å². The number of aryl methyl sites for hydroxylation is 2. The number of nitrogens with zero attached hydrogens (tertiary/aromatic N) is 2. The Hall–Kier alpha value is -4.14. The second-order valence-corrected chi connectivity index (χ2v) is 6.66. The maximum absolute atomic E-state index is 12.5. The Morgan fingerprint density at radius 3 is 2.60 bits per heavy atom. The first kappa shape index (κ1) is 19.2. The van der Waals surface area contributed by atoms with Crippen LogP contribution in [-0.4, -0.2) is 25.4 Å². The average Bonchev–Trinajstić information content (AvgIpc) is 3.18. The molecule has 9 heteroatoms. The van der Waals surface area contributed by atoms with Crippen LogP contribution in [0.5, 0.6) is 11.5 Å². The van der Waals surface area contributed by atoms with Crippen LogP contribution in [0.25, 0.3) is 11.2 Å². The summed E-state index contributed by atoms with van der Waals surface area (Å²) < 4.78 is 7.09. The van der Waals surface area contributed by atoms with Crippen LogP contribution in [0.4, 0.5) is 5.69 Å². The van der Waals surface area contributed by atoms with Crippen molar-refractivity contribution in [1.82, 2.24) is 19.5 Å². The lowest BCUT2D eigenvalue weighted by atomic mass is 10.2. The fourth-order valence-electron chi connectivity index (χ4n) is 2.99. The zero-order chi connectivity index (χ0) is 21.1. The van der Waals surface area contributed by atoms with E-state index >= 15 is 0 Å². The van der Waals surface area contributed by atoms with Crippen molar-refractivity contribution in [3.8, 4) is 11.5 Å². The number of aromatic nitrogens is 4. The second-order valence-electron chi connectivity index (χ2n) is 6.66. The third kappa shape index (κ3) is 4.00. The number of benzene rings is 2. The van der Waals surface area contributed by atoms with E-state index in [1.807, 2.05) is 36.4 Å². The number of aromatic amines is 2. The summed E-state index contributed by atoms with van der Waals surface area (Å²) in [6.45, 7) is 0. The number of nitrogens with one attached hydrogen (secondary N) is 3. The van der Waals surface area contributed by atoms with Gasteiger partial charge in [0.1, 0.15) is 17.1 Å². The van der Waals surface area contributed by atoms with Crippen molar-refractivity contribution in [2.45, 2.75) is 12.8 Å². The number of hydrogen-bond acceptors (Lipinski definition) is 5. The van der Waals surface area contributed by atoms with Gasteiger partial charge in [0.2, 0.25) is 5.91 Å². The summed E-state index contributed by atoms with van der Waals surface area (Å²) >= 11 is 0. The number of carbonyl (C=O) groups is 1. The highest BCUT2D eigenvalue weighted by Gasteiger charge is 2.13. The number of hydrogen-bond donors (Lipinski definition) is 3. The number of para-hydroxylation sites is 3. The molecule has 0 aliphatic rings. The molecule has 0 bridgehead atoms. The van der Waals surface area contributed by atoms with E-state index in [2.05, 4.69) is 20.3 Å². The first-order chi connectivity index (χ1) is 14.5. The van der Waals surface area contributed by atoms with E-state index in [0.717, 1.165) is 0 Å². The highest BCUT2D eigenvalue weighted by Crippen LogP contribution is 2.29. The fraction of sp³-hybridized carbons (Fsp3) is 0.143. The molecular formula is C21H19N5O4. The van der Waals surface area contributed by atoms with Gasteiger partial charge in [-0.1, -0.05) is 30.3 Å². The van der Waals surface area contributed by atoms with Crippen LogP contribution in [0, 0.1) is 0 Å². The molecule has 0 atom stereocenters. The van der Waals surface area contributed by atoms with E-state index in [9.17, 15) is 14.4 Å². The van der Waals surface area contributed by atoms with E-state index < -0.39 is 11.2 Å². The third-order valence-corrected chi connectivity index (χ3v) is 4.52. The number of fused-ring (bicyclic) bond motifs is 1. The molecule has 0 saturated heterocycles.